The Hall–Kier alpha value is -0.0151. The predicted molar refractivity (Wildman–Crippen MR) is 57.9 cm³/mol. The molecule has 0 radical (unpaired) electrons. The highest BCUT2D eigenvalue weighted by Gasteiger charge is 2.49. The summed E-state index contributed by atoms with van der Waals surface area (Å²) in [6, 6.07) is 0. The molecule has 78 valence electrons. The molecule has 13 heavy (non-hydrogen) atoms. The average Bonchev–Trinajstić information content (AvgIpc) is 2.25. The molecule has 1 fully saturated rings. The first kappa shape index (κ1) is 13.0. The van der Waals surface area contributed by atoms with Crippen LogP contribution in [0.2, 0.25) is 6.32 Å². The van der Waals surface area contributed by atoms with Gasteiger partial charge in [0.15, 0.2) is 0 Å². The van der Waals surface area contributed by atoms with E-state index in [1.165, 1.54) is 0 Å². The molecule has 0 N–H and O–H groups in total. The van der Waals surface area contributed by atoms with Crippen LogP contribution in [0.5, 0.6) is 0 Å². The van der Waals surface area contributed by atoms with Crippen molar-refractivity contribution >= 4 is 7.12 Å². The van der Waals surface area contributed by atoms with Crippen molar-refractivity contribution in [1.82, 2.24) is 0 Å². The summed E-state index contributed by atoms with van der Waals surface area (Å²) in [6.45, 7) is 14.4. The van der Waals surface area contributed by atoms with Crippen molar-refractivity contribution < 1.29 is 9.31 Å². The van der Waals surface area contributed by atoms with Gasteiger partial charge in [0.1, 0.15) is 0 Å². The van der Waals surface area contributed by atoms with Crippen LogP contribution in [0.1, 0.15) is 48.5 Å². The summed E-state index contributed by atoms with van der Waals surface area (Å²) in [5.41, 5.74) is -0.318. The minimum atomic E-state index is -0.159. The average molecular weight is 186 g/mol. The van der Waals surface area contributed by atoms with Gasteiger partial charge in [-0.15, -0.1) is 0 Å². The van der Waals surface area contributed by atoms with E-state index in [2.05, 4.69) is 34.6 Å². The minimum Gasteiger partial charge on any atom is -0.403 e. The maximum absolute atomic E-state index is 5.69. The Morgan fingerprint density at radius 2 is 1.23 bits per heavy atom. The Bertz CT molecular complexity index is 139. The molecule has 1 aliphatic heterocycles. The lowest BCUT2D eigenvalue weighted by Crippen LogP contribution is -2.41. The van der Waals surface area contributed by atoms with Crippen molar-refractivity contribution in [2.24, 2.45) is 0 Å². The number of hydrogen-bond donors (Lipinski definition) is 0. The van der Waals surface area contributed by atoms with Crippen molar-refractivity contribution in [3.05, 3.63) is 0 Å². The molecule has 2 nitrogen and oxygen atoms in total. The molecule has 0 aromatic rings. The Kier molecular flexibility index (Phi) is 4.47. The van der Waals surface area contributed by atoms with Crippen molar-refractivity contribution in [2.45, 2.75) is 66.0 Å². The van der Waals surface area contributed by atoms with Gasteiger partial charge in [0.25, 0.3) is 0 Å². The van der Waals surface area contributed by atoms with Gasteiger partial charge in [-0.25, -0.2) is 0 Å². The van der Waals surface area contributed by atoms with Gasteiger partial charge in [-0.05, 0) is 34.0 Å². The zero-order valence-electron chi connectivity index (χ0n) is 10.1. The van der Waals surface area contributed by atoms with Crippen molar-refractivity contribution in [2.75, 3.05) is 0 Å². The van der Waals surface area contributed by atoms with E-state index in [0.29, 0.717) is 0 Å². The normalized spacial score (nSPS) is 23.8. The first-order valence-corrected chi connectivity index (χ1v) is 5.25. The minimum absolute atomic E-state index is 0.0139. The summed E-state index contributed by atoms with van der Waals surface area (Å²) in [4.78, 5) is 0. The highest BCUT2D eigenvalue weighted by Crippen LogP contribution is 2.37. The monoisotopic (exact) mass is 186 g/mol. The van der Waals surface area contributed by atoms with E-state index in [9.17, 15) is 0 Å². The first-order chi connectivity index (χ1) is 5.89. The fraction of sp³-hybridized carbons (Fsp3) is 1.00. The lowest BCUT2D eigenvalue weighted by molar-refractivity contribution is 0.00578. The van der Waals surface area contributed by atoms with Crippen LogP contribution in [0.3, 0.4) is 0 Å². The third kappa shape index (κ3) is 2.71. The zero-order valence-corrected chi connectivity index (χ0v) is 10.1. The zero-order chi connectivity index (χ0) is 10.7. The van der Waals surface area contributed by atoms with Crippen LogP contribution in [0, 0.1) is 0 Å². The first-order valence-electron chi connectivity index (χ1n) is 5.25. The second kappa shape index (κ2) is 4.47. The fourth-order valence-electron chi connectivity index (χ4n) is 1.13. The van der Waals surface area contributed by atoms with E-state index >= 15 is 0 Å². The van der Waals surface area contributed by atoms with Gasteiger partial charge < -0.3 is 9.31 Å². The molecule has 0 aromatic heterocycles. The smallest absolute Gasteiger partial charge is 0.403 e. The third-order valence-corrected chi connectivity index (χ3v) is 2.64. The van der Waals surface area contributed by atoms with Gasteiger partial charge >= 0.3 is 7.12 Å². The number of rotatable bonds is 1. The van der Waals surface area contributed by atoms with Gasteiger partial charge in [0.2, 0.25) is 0 Å². The molecule has 0 amide bonds. The van der Waals surface area contributed by atoms with Gasteiger partial charge in [-0.3, -0.25) is 0 Å². The summed E-state index contributed by atoms with van der Waals surface area (Å²) >= 11 is 0. The van der Waals surface area contributed by atoms with E-state index in [0.717, 1.165) is 6.32 Å². The largest absolute Gasteiger partial charge is 0.457 e. The van der Waals surface area contributed by atoms with Gasteiger partial charge in [0.05, 0.1) is 11.2 Å². The van der Waals surface area contributed by atoms with E-state index < -0.39 is 0 Å². The van der Waals surface area contributed by atoms with Crippen LogP contribution < -0.4 is 0 Å². The van der Waals surface area contributed by atoms with Crippen LogP contribution in [0.4, 0.5) is 0 Å². The van der Waals surface area contributed by atoms with Crippen LogP contribution in [-0.4, -0.2) is 18.3 Å². The Labute approximate surface area is 83.1 Å². The molecule has 0 atom stereocenters. The fourth-order valence-corrected chi connectivity index (χ4v) is 1.13. The SMILES string of the molecule is CC.CCB1OC(C)(C)C(C)(C)O1. The molecule has 1 rings (SSSR count). The molecular formula is C10H23BO2. The maximum Gasteiger partial charge on any atom is 0.457 e. The molecule has 3 heteroatoms. The quantitative estimate of drug-likeness (QED) is 0.585. The highest BCUT2D eigenvalue weighted by atomic mass is 16.7. The van der Waals surface area contributed by atoms with Gasteiger partial charge in [0, 0.05) is 0 Å². The lowest BCUT2D eigenvalue weighted by Gasteiger charge is -2.32. The molecular weight excluding hydrogens is 163 g/mol. The van der Waals surface area contributed by atoms with Crippen LogP contribution in [0.15, 0.2) is 0 Å². The van der Waals surface area contributed by atoms with E-state index in [1.54, 1.807) is 0 Å². The Morgan fingerprint density at radius 1 is 0.923 bits per heavy atom. The Balaban J connectivity index is 0.000000671. The van der Waals surface area contributed by atoms with Crippen LogP contribution in [-0.2, 0) is 9.31 Å². The summed E-state index contributed by atoms with van der Waals surface area (Å²) in [7, 11) is -0.0139. The number of hydrogen-bond acceptors (Lipinski definition) is 2. The van der Waals surface area contributed by atoms with E-state index in [4.69, 9.17) is 9.31 Å². The van der Waals surface area contributed by atoms with Crippen molar-refractivity contribution in [3.8, 4) is 0 Å². The van der Waals surface area contributed by atoms with Gasteiger partial charge in [-0.1, -0.05) is 20.8 Å². The molecule has 0 unspecified atom stereocenters. The summed E-state index contributed by atoms with van der Waals surface area (Å²) < 4.78 is 11.4. The van der Waals surface area contributed by atoms with Gasteiger partial charge in [-0.2, -0.15) is 0 Å². The molecule has 0 aromatic carbocycles. The summed E-state index contributed by atoms with van der Waals surface area (Å²) in [5, 5.41) is 0. The second-order valence-corrected chi connectivity index (χ2v) is 4.09. The van der Waals surface area contributed by atoms with Crippen molar-refractivity contribution in [1.29, 1.82) is 0 Å². The Morgan fingerprint density at radius 3 is 1.38 bits per heavy atom. The second-order valence-electron chi connectivity index (χ2n) is 4.09. The maximum atomic E-state index is 5.69. The van der Waals surface area contributed by atoms with E-state index in [-0.39, 0.29) is 18.3 Å². The highest BCUT2D eigenvalue weighted by molar-refractivity contribution is 6.45. The topological polar surface area (TPSA) is 18.5 Å². The summed E-state index contributed by atoms with van der Waals surface area (Å²) in [6.07, 6.45) is 0.923. The van der Waals surface area contributed by atoms with Crippen LogP contribution in [0.25, 0.3) is 0 Å². The molecule has 0 saturated carbocycles. The van der Waals surface area contributed by atoms with Crippen molar-refractivity contribution in [3.63, 3.8) is 0 Å². The molecule has 0 spiro atoms. The molecule has 0 bridgehead atoms. The molecule has 1 aliphatic rings. The van der Waals surface area contributed by atoms with Crippen LogP contribution >= 0.6 is 0 Å². The molecule has 1 saturated heterocycles. The predicted octanol–water partition coefficient (Wildman–Crippen LogP) is 3.12. The molecule has 1 heterocycles. The standard InChI is InChI=1S/C8H17BO2.C2H6/c1-6-9-10-7(2,3)8(4,5)11-9;1-2/h6H2,1-5H3;1-2H3. The third-order valence-electron chi connectivity index (χ3n) is 2.64. The molecule has 0 aliphatic carbocycles. The summed E-state index contributed by atoms with van der Waals surface area (Å²) in [5.74, 6) is 0. The lowest BCUT2D eigenvalue weighted by atomic mass is 9.87. The van der Waals surface area contributed by atoms with E-state index in [1.807, 2.05) is 13.8 Å².